The molecule has 0 aromatic carbocycles. The number of aryl methyl sites for hydroxylation is 2. The Labute approximate surface area is 81.8 Å². The van der Waals surface area contributed by atoms with E-state index in [0.717, 1.165) is 11.3 Å². The highest BCUT2D eigenvalue weighted by Crippen LogP contribution is 2.25. The summed E-state index contributed by atoms with van der Waals surface area (Å²) in [6.07, 6.45) is 0. The van der Waals surface area contributed by atoms with Crippen molar-refractivity contribution in [2.75, 3.05) is 0 Å². The van der Waals surface area contributed by atoms with Gasteiger partial charge in [0.2, 0.25) is 0 Å². The summed E-state index contributed by atoms with van der Waals surface area (Å²) >= 11 is 3.14. The van der Waals surface area contributed by atoms with Crippen LogP contribution < -0.4 is 0 Å². The van der Waals surface area contributed by atoms with Crippen molar-refractivity contribution in [2.24, 2.45) is 0 Å². The molecule has 1 aromatic heterocycles. The van der Waals surface area contributed by atoms with Gasteiger partial charge in [0.05, 0.1) is 0 Å². The number of hydrogen-bond acceptors (Lipinski definition) is 2. The Balaban J connectivity index is 0.000000561. The molecule has 1 aromatic rings. The normalized spacial score (nSPS) is 8.75. The molecule has 0 unspecified atom stereocenters. The molecule has 0 spiro atoms. The summed E-state index contributed by atoms with van der Waals surface area (Å²) in [7, 11) is 0. The largest absolute Gasteiger partial charge is 0.505 e. The molecule has 12 heavy (non-hydrogen) atoms. The van der Waals surface area contributed by atoms with Crippen LogP contribution in [0, 0.1) is 13.8 Å². The van der Waals surface area contributed by atoms with E-state index in [0.29, 0.717) is 4.60 Å². The molecule has 0 amide bonds. The van der Waals surface area contributed by atoms with Crippen LogP contribution in [0.25, 0.3) is 0 Å². The van der Waals surface area contributed by atoms with Crippen molar-refractivity contribution in [3.63, 3.8) is 0 Å². The average Bonchev–Trinajstić information content (AvgIpc) is 2.04. The Hall–Kier alpha value is -0.570. The van der Waals surface area contributed by atoms with Crippen LogP contribution in [0.1, 0.15) is 25.1 Å². The molecule has 0 fully saturated rings. The number of aromatic nitrogens is 1. The lowest BCUT2D eigenvalue weighted by Crippen LogP contribution is -1.85. The molecule has 2 nitrogen and oxygen atoms in total. The van der Waals surface area contributed by atoms with Crippen molar-refractivity contribution < 1.29 is 5.11 Å². The van der Waals surface area contributed by atoms with Gasteiger partial charge in [0.1, 0.15) is 4.60 Å². The molecule has 1 rings (SSSR count). The SMILES string of the molecule is CC.Cc1cc(C)c(O)c(Br)n1. The Morgan fingerprint density at radius 1 is 1.33 bits per heavy atom. The van der Waals surface area contributed by atoms with E-state index in [1.807, 2.05) is 33.8 Å². The molecule has 0 saturated heterocycles. The Morgan fingerprint density at radius 3 is 2.25 bits per heavy atom. The summed E-state index contributed by atoms with van der Waals surface area (Å²) in [5.41, 5.74) is 1.75. The van der Waals surface area contributed by atoms with Crippen molar-refractivity contribution in [1.29, 1.82) is 0 Å². The van der Waals surface area contributed by atoms with Crippen LogP contribution in [0.3, 0.4) is 0 Å². The summed E-state index contributed by atoms with van der Waals surface area (Å²) in [5.74, 6) is 0.227. The second-order valence-electron chi connectivity index (χ2n) is 2.22. The molecular weight excluding hydrogens is 218 g/mol. The molecule has 3 heteroatoms. The molecular formula is C9H14BrNO. The topological polar surface area (TPSA) is 33.1 Å². The monoisotopic (exact) mass is 231 g/mol. The van der Waals surface area contributed by atoms with E-state index in [9.17, 15) is 5.11 Å². The number of hydrogen-bond donors (Lipinski definition) is 1. The molecule has 1 N–H and O–H groups in total. The van der Waals surface area contributed by atoms with Crippen LogP contribution in [0.4, 0.5) is 0 Å². The lowest BCUT2D eigenvalue weighted by Gasteiger charge is -2.00. The number of halogens is 1. The third kappa shape index (κ3) is 2.81. The number of aromatic hydroxyl groups is 1. The molecule has 0 radical (unpaired) electrons. The minimum Gasteiger partial charge on any atom is -0.505 e. The first-order chi connectivity index (χ1) is 5.61. The number of rotatable bonds is 0. The van der Waals surface area contributed by atoms with E-state index in [2.05, 4.69) is 20.9 Å². The number of pyridine rings is 1. The van der Waals surface area contributed by atoms with Gasteiger partial charge < -0.3 is 5.11 Å². The Bertz CT molecular complexity index is 238. The molecule has 0 saturated carbocycles. The Kier molecular flexibility index (Phi) is 4.90. The highest BCUT2D eigenvalue weighted by molar-refractivity contribution is 9.10. The molecule has 1 heterocycles. The zero-order valence-corrected chi connectivity index (χ0v) is 9.44. The van der Waals surface area contributed by atoms with E-state index in [1.165, 1.54) is 0 Å². The maximum Gasteiger partial charge on any atom is 0.151 e. The van der Waals surface area contributed by atoms with Gasteiger partial charge in [-0.05, 0) is 41.4 Å². The van der Waals surface area contributed by atoms with Crippen molar-refractivity contribution >= 4 is 15.9 Å². The zero-order valence-electron chi connectivity index (χ0n) is 7.85. The maximum atomic E-state index is 9.22. The smallest absolute Gasteiger partial charge is 0.151 e. The first kappa shape index (κ1) is 11.4. The third-order valence-electron chi connectivity index (χ3n) is 1.27. The molecule has 0 aliphatic heterocycles. The summed E-state index contributed by atoms with van der Waals surface area (Å²) in [6.45, 7) is 7.73. The van der Waals surface area contributed by atoms with Crippen LogP contribution in [0.2, 0.25) is 0 Å². The predicted molar refractivity (Wildman–Crippen MR) is 54.4 cm³/mol. The fourth-order valence-corrected chi connectivity index (χ4v) is 1.38. The first-order valence-corrected chi connectivity index (χ1v) is 4.73. The van der Waals surface area contributed by atoms with Gasteiger partial charge in [0, 0.05) is 5.69 Å². The van der Waals surface area contributed by atoms with Crippen LogP contribution in [0.15, 0.2) is 10.7 Å². The second-order valence-corrected chi connectivity index (χ2v) is 2.97. The minimum absolute atomic E-state index is 0.227. The average molecular weight is 232 g/mol. The van der Waals surface area contributed by atoms with E-state index in [1.54, 1.807) is 0 Å². The molecule has 0 bridgehead atoms. The lowest BCUT2D eigenvalue weighted by atomic mass is 10.2. The third-order valence-corrected chi connectivity index (χ3v) is 1.82. The van der Waals surface area contributed by atoms with Crippen molar-refractivity contribution in [3.8, 4) is 5.75 Å². The predicted octanol–water partition coefficient (Wildman–Crippen LogP) is 3.19. The van der Waals surface area contributed by atoms with Crippen LogP contribution >= 0.6 is 15.9 Å². The fraction of sp³-hybridized carbons (Fsp3) is 0.444. The van der Waals surface area contributed by atoms with Crippen LogP contribution in [0.5, 0.6) is 5.75 Å². The first-order valence-electron chi connectivity index (χ1n) is 3.94. The van der Waals surface area contributed by atoms with Gasteiger partial charge in [-0.1, -0.05) is 13.8 Å². The molecule has 0 atom stereocenters. The van der Waals surface area contributed by atoms with E-state index in [4.69, 9.17) is 0 Å². The van der Waals surface area contributed by atoms with Gasteiger partial charge >= 0.3 is 0 Å². The van der Waals surface area contributed by atoms with Crippen molar-refractivity contribution in [3.05, 3.63) is 21.9 Å². The Morgan fingerprint density at radius 2 is 1.83 bits per heavy atom. The molecule has 0 aliphatic carbocycles. The fourth-order valence-electron chi connectivity index (χ4n) is 0.784. The highest BCUT2D eigenvalue weighted by Gasteiger charge is 2.02. The summed E-state index contributed by atoms with van der Waals surface area (Å²) in [4.78, 5) is 4.00. The highest BCUT2D eigenvalue weighted by atomic mass is 79.9. The van der Waals surface area contributed by atoms with Crippen molar-refractivity contribution in [2.45, 2.75) is 27.7 Å². The summed E-state index contributed by atoms with van der Waals surface area (Å²) < 4.78 is 0.519. The standard InChI is InChI=1S/C7H8BrNO.C2H6/c1-4-3-5(2)9-7(8)6(4)10;1-2/h3,10H,1-2H3;1-2H3. The zero-order chi connectivity index (χ0) is 9.72. The van der Waals surface area contributed by atoms with Gasteiger partial charge in [0.15, 0.2) is 5.75 Å². The van der Waals surface area contributed by atoms with E-state index >= 15 is 0 Å². The number of nitrogens with zero attached hydrogens (tertiary/aromatic N) is 1. The second kappa shape index (κ2) is 5.14. The van der Waals surface area contributed by atoms with Gasteiger partial charge in [-0.2, -0.15) is 0 Å². The minimum atomic E-state index is 0.227. The van der Waals surface area contributed by atoms with Gasteiger partial charge in [-0.25, -0.2) is 4.98 Å². The maximum absolute atomic E-state index is 9.22. The van der Waals surface area contributed by atoms with Crippen molar-refractivity contribution in [1.82, 2.24) is 4.98 Å². The summed E-state index contributed by atoms with van der Waals surface area (Å²) in [6, 6.07) is 1.83. The van der Waals surface area contributed by atoms with Gasteiger partial charge in [0.25, 0.3) is 0 Å². The lowest BCUT2D eigenvalue weighted by molar-refractivity contribution is 0.464. The summed E-state index contributed by atoms with van der Waals surface area (Å²) in [5, 5.41) is 9.22. The molecule has 68 valence electrons. The van der Waals surface area contributed by atoms with E-state index in [-0.39, 0.29) is 5.75 Å². The van der Waals surface area contributed by atoms with Gasteiger partial charge in [-0.15, -0.1) is 0 Å². The quantitative estimate of drug-likeness (QED) is 0.697. The van der Waals surface area contributed by atoms with Crippen LogP contribution in [-0.4, -0.2) is 10.1 Å². The van der Waals surface area contributed by atoms with E-state index < -0.39 is 0 Å². The van der Waals surface area contributed by atoms with Crippen LogP contribution in [-0.2, 0) is 0 Å². The molecule has 0 aliphatic rings. The van der Waals surface area contributed by atoms with Gasteiger partial charge in [-0.3, -0.25) is 0 Å².